The highest BCUT2D eigenvalue weighted by Crippen LogP contribution is 2.30. The minimum atomic E-state index is -1.04. The molecule has 2 N–H and O–H groups in total. The Morgan fingerprint density at radius 2 is 2.11 bits per heavy atom. The van der Waals surface area contributed by atoms with Crippen molar-refractivity contribution in [2.45, 2.75) is 0 Å². The molecule has 0 unspecified atom stereocenters. The molecule has 2 rings (SSSR count). The molecule has 0 saturated carbocycles. The molecular weight excluding hydrogens is 258 g/mol. The van der Waals surface area contributed by atoms with Crippen molar-refractivity contribution in [2.75, 3.05) is 0 Å². The van der Waals surface area contributed by atoms with Gasteiger partial charge in [-0.25, -0.2) is 4.79 Å². The summed E-state index contributed by atoms with van der Waals surface area (Å²) in [6, 6.07) is 7.52. The van der Waals surface area contributed by atoms with Gasteiger partial charge in [-0.2, -0.15) is 0 Å². The smallest absolute Gasteiger partial charge is 0.335 e. The second-order valence-corrected chi connectivity index (χ2v) is 3.85. The van der Waals surface area contributed by atoms with Gasteiger partial charge in [0.05, 0.1) is 10.6 Å². The van der Waals surface area contributed by atoms with Crippen LogP contribution in [-0.2, 0) is 0 Å². The van der Waals surface area contributed by atoms with Crippen molar-refractivity contribution >= 4 is 23.8 Å². The van der Waals surface area contributed by atoms with E-state index in [1.54, 1.807) is 12.1 Å². The molecule has 0 saturated heterocycles. The van der Waals surface area contributed by atoms with Crippen LogP contribution >= 0.6 is 11.6 Å². The second kappa shape index (κ2) is 4.93. The first-order valence-corrected chi connectivity index (χ1v) is 5.30. The molecule has 0 fully saturated rings. The van der Waals surface area contributed by atoms with Crippen molar-refractivity contribution in [1.82, 2.24) is 0 Å². The molecule has 0 aliphatic carbocycles. The summed E-state index contributed by atoms with van der Waals surface area (Å²) in [5.41, 5.74) is 0.581. The quantitative estimate of drug-likeness (QED) is 0.507. The summed E-state index contributed by atoms with van der Waals surface area (Å²) < 4.78 is 5.34. The van der Waals surface area contributed by atoms with Crippen molar-refractivity contribution in [3.05, 3.63) is 46.7 Å². The third-order valence-electron chi connectivity index (χ3n) is 2.29. The number of nitrogens with zero attached hydrogens (tertiary/aromatic N) is 1. The minimum absolute atomic E-state index is 0.114. The first-order valence-electron chi connectivity index (χ1n) is 4.92. The number of carbonyl (C=O) groups is 1. The summed E-state index contributed by atoms with van der Waals surface area (Å²) >= 11 is 5.99. The average Bonchev–Trinajstić information content (AvgIpc) is 2.78. The Bertz CT molecular complexity index is 618. The van der Waals surface area contributed by atoms with Gasteiger partial charge in [-0.05, 0) is 30.3 Å². The largest absolute Gasteiger partial charge is 0.478 e. The fourth-order valence-corrected chi connectivity index (χ4v) is 1.68. The van der Waals surface area contributed by atoms with Gasteiger partial charge in [-0.3, -0.25) is 0 Å². The van der Waals surface area contributed by atoms with Crippen molar-refractivity contribution < 1.29 is 19.5 Å². The highest BCUT2D eigenvalue weighted by atomic mass is 35.5. The lowest BCUT2D eigenvalue weighted by Gasteiger charge is -2.02. The number of halogens is 1. The molecule has 92 valence electrons. The standard InChI is InChI=1S/C12H8ClNO4/c13-10-3-1-7(12(15)16)5-9(10)11-4-2-8(18-11)6-14-17/h1-6,17H,(H,15,16)/b14-6+. The predicted molar refractivity (Wildman–Crippen MR) is 65.5 cm³/mol. The molecule has 2 aromatic rings. The molecule has 0 aliphatic heterocycles. The van der Waals surface area contributed by atoms with Gasteiger partial charge in [0.15, 0.2) is 0 Å². The topological polar surface area (TPSA) is 83.0 Å². The van der Waals surface area contributed by atoms with Crippen LogP contribution in [0.25, 0.3) is 11.3 Å². The zero-order valence-electron chi connectivity index (χ0n) is 9.00. The van der Waals surface area contributed by atoms with Crippen LogP contribution in [-0.4, -0.2) is 22.5 Å². The lowest BCUT2D eigenvalue weighted by Crippen LogP contribution is -1.96. The van der Waals surface area contributed by atoms with Crippen molar-refractivity contribution in [2.24, 2.45) is 5.16 Å². The van der Waals surface area contributed by atoms with E-state index in [0.717, 1.165) is 6.21 Å². The van der Waals surface area contributed by atoms with Crippen molar-refractivity contribution in [3.63, 3.8) is 0 Å². The van der Waals surface area contributed by atoms with Gasteiger partial charge in [0.2, 0.25) is 0 Å². The molecule has 0 aliphatic rings. The first-order chi connectivity index (χ1) is 8.61. The monoisotopic (exact) mass is 265 g/mol. The normalized spacial score (nSPS) is 10.9. The van der Waals surface area contributed by atoms with Gasteiger partial charge in [-0.1, -0.05) is 16.8 Å². The summed E-state index contributed by atoms with van der Waals surface area (Å²) in [6.07, 6.45) is 1.12. The van der Waals surface area contributed by atoms with E-state index in [0.29, 0.717) is 22.1 Å². The number of rotatable bonds is 3. The van der Waals surface area contributed by atoms with E-state index in [-0.39, 0.29) is 5.56 Å². The van der Waals surface area contributed by atoms with Gasteiger partial charge >= 0.3 is 5.97 Å². The molecule has 0 amide bonds. The highest BCUT2D eigenvalue weighted by molar-refractivity contribution is 6.33. The Balaban J connectivity index is 2.48. The fraction of sp³-hybridized carbons (Fsp3) is 0. The number of hydrogen-bond acceptors (Lipinski definition) is 4. The SMILES string of the molecule is O=C(O)c1ccc(Cl)c(-c2ccc(/C=N/O)o2)c1. The van der Waals surface area contributed by atoms with Gasteiger partial charge in [0.25, 0.3) is 0 Å². The predicted octanol–water partition coefficient (Wildman–Crippen LogP) is 3.11. The molecule has 0 radical (unpaired) electrons. The van der Waals surface area contributed by atoms with E-state index in [1.165, 1.54) is 18.2 Å². The minimum Gasteiger partial charge on any atom is -0.478 e. The van der Waals surface area contributed by atoms with E-state index in [2.05, 4.69) is 5.16 Å². The zero-order chi connectivity index (χ0) is 13.1. The lowest BCUT2D eigenvalue weighted by atomic mass is 10.1. The van der Waals surface area contributed by atoms with Gasteiger partial charge in [-0.15, -0.1) is 0 Å². The van der Waals surface area contributed by atoms with Gasteiger partial charge in [0.1, 0.15) is 17.7 Å². The summed E-state index contributed by atoms with van der Waals surface area (Å²) in [5.74, 6) is -0.307. The van der Waals surface area contributed by atoms with Crippen molar-refractivity contribution in [1.29, 1.82) is 0 Å². The van der Waals surface area contributed by atoms with E-state index in [9.17, 15) is 4.79 Å². The third kappa shape index (κ3) is 2.36. The van der Waals surface area contributed by atoms with Crippen LogP contribution in [0.5, 0.6) is 0 Å². The third-order valence-corrected chi connectivity index (χ3v) is 2.62. The Kier molecular flexibility index (Phi) is 3.34. The molecular formula is C12H8ClNO4. The van der Waals surface area contributed by atoms with Crippen LogP contribution in [0.2, 0.25) is 5.02 Å². The van der Waals surface area contributed by atoms with Crippen LogP contribution in [0.3, 0.4) is 0 Å². The Morgan fingerprint density at radius 3 is 2.78 bits per heavy atom. The molecule has 6 heteroatoms. The van der Waals surface area contributed by atoms with Crippen LogP contribution in [0.15, 0.2) is 39.9 Å². The molecule has 18 heavy (non-hydrogen) atoms. The second-order valence-electron chi connectivity index (χ2n) is 3.45. The summed E-state index contributed by atoms with van der Waals surface area (Å²) in [5, 5.41) is 20.5. The number of benzene rings is 1. The molecule has 1 heterocycles. The van der Waals surface area contributed by atoms with Crippen LogP contribution in [0.4, 0.5) is 0 Å². The summed E-state index contributed by atoms with van der Waals surface area (Å²) in [4.78, 5) is 10.9. The summed E-state index contributed by atoms with van der Waals surface area (Å²) in [6.45, 7) is 0. The molecule has 0 spiro atoms. The van der Waals surface area contributed by atoms with E-state index in [1.807, 2.05) is 0 Å². The maximum absolute atomic E-state index is 10.9. The number of carboxylic acid groups (broad SMARTS) is 1. The maximum Gasteiger partial charge on any atom is 0.335 e. The number of hydrogen-bond donors (Lipinski definition) is 2. The Hall–Kier alpha value is -2.27. The van der Waals surface area contributed by atoms with Gasteiger partial charge < -0.3 is 14.7 Å². The molecule has 5 nitrogen and oxygen atoms in total. The molecule has 0 bridgehead atoms. The van der Waals surface area contributed by atoms with Crippen LogP contribution in [0.1, 0.15) is 16.1 Å². The molecule has 0 atom stereocenters. The molecule has 1 aromatic heterocycles. The zero-order valence-corrected chi connectivity index (χ0v) is 9.76. The molecule has 1 aromatic carbocycles. The van der Waals surface area contributed by atoms with Crippen molar-refractivity contribution in [3.8, 4) is 11.3 Å². The Labute approximate surface area is 107 Å². The fourth-order valence-electron chi connectivity index (χ4n) is 1.47. The number of furan rings is 1. The average molecular weight is 266 g/mol. The number of carboxylic acids is 1. The maximum atomic E-state index is 10.9. The van der Waals surface area contributed by atoms with Crippen LogP contribution in [0, 0.1) is 0 Å². The van der Waals surface area contributed by atoms with E-state index < -0.39 is 5.97 Å². The van der Waals surface area contributed by atoms with Gasteiger partial charge in [0, 0.05) is 5.56 Å². The van der Waals surface area contributed by atoms with E-state index >= 15 is 0 Å². The number of oxime groups is 1. The first kappa shape index (κ1) is 12.2. The lowest BCUT2D eigenvalue weighted by molar-refractivity contribution is 0.0697. The summed E-state index contributed by atoms with van der Waals surface area (Å²) in [7, 11) is 0. The Morgan fingerprint density at radius 1 is 1.33 bits per heavy atom. The number of aromatic carboxylic acids is 1. The van der Waals surface area contributed by atoms with Crippen LogP contribution < -0.4 is 0 Å². The highest BCUT2D eigenvalue weighted by Gasteiger charge is 2.12. The van der Waals surface area contributed by atoms with E-state index in [4.69, 9.17) is 26.3 Å².